The maximum absolute atomic E-state index is 13.1. The van der Waals surface area contributed by atoms with Crippen molar-refractivity contribution in [1.29, 1.82) is 0 Å². The zero-order valence-corrected chi connectivity index (χ0v) is 17.7. The molecular weight excluding hydrogens is 398 g/mol. The molecule has 1 saturated heterocycles. The van der Waals surface area contributed by atoms with Crippen molar-refractivity contribution in [2.24, 2.45) is 11.5 Å². The lowest BCUT2D eigenvalue weighted by molar-refractivity contribution is -0.143. The standard InChI is InChI=1S/C18H33N5O5S/c1-29-10-7-12(20)16(26)22-13(5-2-3-8-19)18(28)23-9-4-6-14(23)17(27)21-11-15(24)25/h12-14H,2-11,19-20H2,1H3,(H,21,27)(H,22,26)(H,24,25). The summed E-state index contributed by atoms with van der Waals surface area (Å²) in [5, 5.41) is 13.8. The van der Waals surface area contributed by atoms with E-state index in [2.05, 4.69) is 10.6 Å². The van der Waals surface area contributed by atoms with Crippen molar-refractivity contribution in [3.63, 3.8) is 0 Å². The Bertz CT molecular complexity index is 577. The van der Waals surface area contributed by atoms with Crippen LogP contribution >= 0.6 is 11.8 Å². The van der Waals surface area contributed by atoms with Gasteiger partial charge in [0.1, 0.15) is 18.6 Å². The van der Waals surface area contributed by atoms with Gasteiger partial charge in [-0.3, -0.25) is 19.2 Å². The topological polar surface area (TPSA) is 168 Å². The SMILES string of the molecule is CSCCC(N)C(=O)NC(CCCCN)C(=O)N1CCCC1C(=O)NCC(=O)O. The average molecular weight is 432 g/mol. The minimum Gasteiger partial charge on any atom is -0.480 e. The Morgan fingerprint density at radius 3 is 2.59 bits per heavy atom. The number of amides is 3. The molecule has 3 amide bonds. The highest BCUT2D eigenvalue weighted by atomic mass is 32.2. The van der Waals surface area contributed by atoms with Crippen LogP contribution in [0.3, 0.4) is 0 Å². The first kappa shape index (κ1) is 25.2. The average Bonchev–Trinajstić information content (AvgIpc) is 3.18. The molecule has 0 saturated carbocycles. The summed E-state index contributed by atoms with van der Waals surface area (Å²) >= 11 is 1.58. The highest BCUT2D eigenvalue weighted by Crippen LogP contribution is 2.20. The number of nitrogens with one attached hydrogen (secondary N) is 2. The van der Waals surface area contributed by atoms with Crippen LogP contribution in [0.4, 0.5) is 0 Å². The van der Waals surface area contributed by atoms with E-state index >= 15 is 0 Å². The van der Waals surface area contributed by atoms with E-state index in [0.717, 1.165) is 5.75 Å². The third-order valence-corrected chi connectivity index (χ3v) is 5.43. The lowest BCUT2D eigenvalue weighted by Gasteiger charge is -2.29. The molecule has 3 unspecified atom stereocenters. The number of carbonyl (C=O) groups excluding carboxylic acids is 3. The Balaban J connectivity index is 2.81. The van der Waals surface area contributed by atoms with Gasteiger partial charge in [-0.05, 0) is 57.1 Å². The number of carbonyl (C=O) groups is 4. The first-order valence-corrected chi connectivity index (χ1v) is 11.3. The number of aliphatic carboxylic acids is 1. The predicted octanol–water partition coefficient (Wildman–Crippen LogP) is -1.13. The van der Waals surface area contributed by atoms with Crippen molar-refractivity contribution >= 4 is 35.5 Å². The molecule has 29 heavy (non-hydrogen) atoms. The van der Waals surface area contributed by atoms with Crippen LogP contribution < -0.4 is 22.1 Å². The van der Waals surface area contributed by atoms with Crippen LogP contribution in [0, 0.1) is 0 Å². The molecular formula is C18H33N5O5S. The first-order chi connectivity index (χ1) is 13.8. The summed E-state index contributed by atoms with van der Waals surface area (Å²) in [6.45, 7) is 0.357. The maximum atomic E-state index is 13.1. The number of nitrogens with two attached hydrogens (primary N) is 2. The van der Waals surface area contributed by atoms with Crippen LogP contribution in [0.15, 0.2) is 0 Å². The van der Waals surface area contributed by atoms with E-state index in [1.165, 1.54) is 4.90 Å². The summed E-state index contributed by atoms with van der Waals surface area (Å²) in [4.78, 5) is 49.9. The van der Waals surface area contributed by atoms with Crippen molar-refractivity contribution < 1.29 is 24.3 Å². The van der Waals surface area contributed by atoms with E-state index in [-0.39, 0.29) is 5.91 Å². The summed E-state index contributed by atoms with van der Waals surface area (Å²) in [6.07, 6.45) is 5.27. The second-order valence-corrected chi connectivity index (χ2v) is 8.02. The molecule has 1 aliphatic rings. The van der Waals surface area contributed by atoms with Crippen LogP contribution in [0.5, 0.6) is 0 Å². The molecule has 0 aromatic heterocycles. The second kappa shape index (κ2) is 13.4. The maximum Gasteiger partial charge on any atom is 0.322 e. The third-order valence-electron chi connectivity index (χ3n) is 4.78. The first-order valence-electron chi connectivity index (χ1n) is 9.86. The largest absolute Gasteiger partial charge is 0.480 e. The highest BCUT2D eigenvalue weighted by molar-refractivity contribution is 7.98. The van der Waals surface area contributed by atoms with Crippen molar-refractivity contribution in [2.45, 2.75) is 56.7 Å². The molecule has 1 heterocycles. The molecule has 0 aromatic carbocycles. The molecule has 1 rings (SSSR count). The Morgan fingerprint density at radius 2 is 1.97 bits per heavy atom. The van der Waals surface area contributed by atoms with E-state index in [4.69, 9.17) is 16.6 Å². The molecule has 7 N–H and O–H groups in total. The van der Waals surface area contributed by atoms with E-state index in [0.29, 0.717) is 51.6 Å². The van der Waals surface area contributed by atoms with Crippen molar-refractivity contribution in [1.82, 2.24) is 15.5 Å². The Labute approximate surface area is 175 Å². The van der Waals surface area contributed by atoms with E-state index < -0.39 is 42.5 Å². The summed E-state index contributed by atoms with van der Waals surface area (Å²) < 4.78 is 0. The van der Waals surface area contributed by atoms with Gasteiger partial charge in [-0.1, -0.05) is 0 Å². The van der Waals surface area contributed by atoms with E-state index in [1.807, 2.05) is 6.26 Å². The van der Waals surface area contributed by atoms with Crippen molar-refractivity contribution in [3.05, 3.63) is 0 Å². The number of carboxylic acids is 1. The molecule has 0 radical (unpaired) electrons. The summed E-state index contributed by atoms with van der Waals surface area (Å²) in [5.74, 6) is -1.66. The number of thioether (sulfide) groups is 1. The number of unbranched alkanes of at least 4 members (excludes halogenated alkanes) is 1. The number of hydrogen-bond donors (Lipinski definition) is 5. The molecule has 1 fully saturated rings. The fraction of sp³-hybridized carbons (Fsp3) is 0.778. The summed E-state index contributed by atoms with van der Waals surface area (Å²) in [7, 11) is 0. The lowest BCUT2D eigenvalue weighted by Crippen LogP contribution is -2.55. The van der Waals surface area contributed by atoms with Gasteiger partial charge in [0.05, 0.1) is 6.04 Å². The van der Waals surface area contributed by atoms with Crippen LogP contribution in [0.1, 0.15) is 38.5 Å². The highest BCUT2D eigenvalue weighted by Gasteiger charge is 2.37. The van der Waals surface area contributed by atoms with Gasteiger partial charge in [0.15, 0.2) is 0 Å². The van der Waals surface area contributed by atoms with Gasteiger partial charge in [0.25, 0.3) is 0 Å². The number of rotatable bonds is 13. The van der Waals surface area contributed by atoms with Crippen molar-refractivity contribution in [2.75, 3.05) is 31.6 Å². The predicted molar refractivity (Wildman–Crippen MR) is 111 cm³/mol. The normalized spacial score (nSPS) is 18.2. The summed E-state index contributed by atoms with van der Waals surface area (Å²) in [5.41, 5.74) is 11.4. The number of hydrogen-bond acceptors (Lipinski definition) is 7. The van der Waals surface area contributed by atoms with Crippen LogP contribution in [0.2, 0.25) is 0 Å². The van der Waals surface area contributed by atoms with Gasteiger partial charge in [0, 0.05) is 6.54 Å². The monoisotopic (exact) mass is 431 g/mol. The molecule has 0 aliphatic carbocycles. The minimum atomic E-state index is -1.15. The molecule has 0 bridgehead atoms. The van der Waals surface area contributed by atoms with Crippen molar-refractivity contribution in [3.8, 4) is 0 Å². The smallest absolute Gasteiger partial charge is 0.322 e. The quantitative estimate of drug-likeness (QED) is 0.228. The molecule has 3 atom stereocenters. The van der Waals surface area contributed by atoms with E-state index in [1.54, 1.807) is 11.8 Å². The number of likely N-dealkylation sites (tertiary alicyclic amines) is 1. The molecule has 11 heteroatoms. The fourth-order valence-electron chi connectivity index (χ4n) is 3.19. The lowest BCUT2D eigenvalue weighted by atomic mass is 10.1. The minimum absolute atomic E-state index is 0.347. The molecule has 166 valence electrons. The zero-order valence-electron chi connectivity index (χ0n) is 16.9. The Kier molecular flexibility index (Phi) is 11.6. The molecule has 0 aromatic rings. The van der Waals surface area contributed by atoms with Gasteiger partial charge in [0.2, 0.25) is 17.7 Å². The third kappa shape index (κ3) is 8.58. The van der Waals surface area contributed by atoms with Crippen LogP contribution in [-0.2, 0) is 19.2 Å². The molecule has 0 spiro atoms. The van der Waals surface area contributed by atoms with Crippen LogP contribution in [0.25, 0.3) is 0 Å². The number of carboxylic acid groups (broad SMARTS) is 1. The van der Waals surface area contributed by atoms with Gasteiger partial charge < -0.3 is 32.1 Å². The zero-order chi connectivity index (χ0) is 21.8. The van der Waals surface area contributed by atoms with E-state index in [9.17, 15) is 19.2 Å². The number of nitrogens with zero attached hydrogens (tertiary/aromatic N) is 1. The van der Waals surface area contributed by atoms with Gasteiger partial charge in [-0.15, -0.1) is 0 Å². The van der Waals surface area contributed by atoms with Crippen LogP contribution in [-0.4, -0.2) is 83.5 Å². The Hall–Kier alpha value is -1.85. The fourth-order valence-corrected chi connectivity index (χ4v) is 3.68. The second-order valence-electron chi connectivity index (χ2n) is 7.03. The summed E-state index contributed by atoms with van der Waals surface area (Å²) in [6, 6.07) is -2.23. The molecule has 1 aliphatic heterocycles. The van der Waals surface area contributed by atoms with Gasteiger partial charge >= 0.3 is 5.97 Å². The van der Waals surface area contributed by atoms with Gasteiger partial charge in [-0.25, -0.2) is 0 Å². The Morgan fingerprint density at radius 1 is 1.24 bits per heavy atom. The van der Waals surface area contributed by atoms with Gasteiger partial charge in [-0.2, -0.15) is 11.8 Å². The molecule has 10 nitrogen and oxygen atoms in total.